The van der Waals surface area contributed by atoms with Crippen LogP contribution in [-0.2, 0) is 0 Å². The van der Waals surface area contributed by atoms with Crippen molar-refractivity contribution in [3.63, 3.8) is 0 Å². The predicted octanol–water partition coefficient (Wildman–Crippen LogP) is 5.08. The lowest BCUT2D eigenvalue weighted by atomic mass is 10.1. The van der Waals surface area contributed by atoms with Gasteiger partial charge in [-0.2, -0.15) is 0 Å². The molecule has 0 fully saturated rings. The Morgan fingerprint density at radius 2 is 1.48 bits per heavy atom. The molecule has 3 aromatic carbocycles. The molecule has 1 unspecified atom stereocenters. The molecule has 0 bridgehead atoms. The fourth-order valence-electron chi connectivity index (χ4n) is 2.68. The molecular weight excluding hydrogens is 360 g/mol. The lowest BCUT2D eigenvalue weighted by Crippen LogP contribution is -2.26. The van der Waals surface area contributed by atoms with Crippen molar-refractivity contribution in [1.82, 2.24) is 5.32 Å². The fraction of sp³-hybridized carbons (Fsp3) is 0.0909. The Bertz CT molecular complexity index is 957. The van der Waals surface area contributed by atoms with E-state index in [9.17, 15) is 9.59 Å². The van der Waals surface area contributed by atoms with Crippen molar-refractivity contribution in [3.8, 4) is 0 Å². The van der Waals surface area contributed by atoms with Gasteiger partial charge in [0.25, 0.3) is 11.8 Å². The van der Waals surface area contributed by atoms with Crippen LogP contribution in [0.15, 0.2) is 78.9 Å². The van der Waals surface area contributed by atoms with Crippen LogP contribution in [0, 0.1) is 0 Å². The highest BCUT2D eigenvalue weighted by atomic mass is 35.5. The van der Waals surface area contributed by atoms with Gasteiger partial charge in [0.1, 0.15) is 0 Å². The molecule has 1 atom stereocenters. The molecule has 0 aliphatic heterocycles. The number of amides is 2. The van der Waals surface area contributed by atoms with E-state index >= 15 is 0 Å². The Morgan fingerprint density at radius 3 is 2.19 bits per heavy atom. The molecule has 0 spiro atoms. The molecule has 2 amide bonds. The monoisotopic (exact) mass is 378 g/mol. The van der Waals surface area contributed by atoms with E-state index in [1.54, 1.807) is 48.5 Å². The van der Waals surface area contributed by atoms with E-state index in [1.165, 1.54) is 0 Å². The van der Waals surface area contributed by atoms with Crippen LogP contribution in [-0.4, -0.2) is 11.8 Å². The Hall–Kier alpha value is -3.11. The second-order valence-electron chi connectivity index (χ2n) is 6.15. The molecule has 0 aliphatic rings. The highest BCUT2D eigenvalue weighted by molar-refractivity contribution is 6.31. The lowest BCUT2D eigenvalue weighted by Gasteiger charge is -2.15. The first-order valence-electron chi connectivity index (χ1n) is 8.56. The third-order valence-electron chi connectivity index (χ3n) is 4.12. The molecule has 136 valence electrons. The van der Waals surface area contributed by atoms with Crippen LogP contribution in [0.25, 0.3) is 0 Å². The Labute approximate surface area is 163 Å². The summed E-state index contributed by atoms with van der Waals surface area (Å²) in [7, 11) is 0. The number of carbonyl (C=O) groups excluding carboxylic acids is 2. The van der Waals surface area contributed by atoms with Crippen molar-refractivity contribution < 1.29 is 9.59 Å². The Kier molecular flexibility index (Phi) is 5.89. The van der Waals surface area contributed by atoms with Crippen LogP contribution in [0.4, 0.5) is 5.69 Å². The summed E-state index contributed by atoms with van der Waals surface area (Å²) in [5.41, 5.74) is 2.49. The fourth-order valence-corrected chi connectivity index (χ4v) is 2.87. The highest BCUT2D eigenvalue weighted by Crippen LogP contribution is 2.17. The van der Waals surface area contributed by atoms with Crippen LogP contribution in [0.2, 0.25) is 5.02 Å². The van der Waals surface area contributed by atoms with Crippen LogP contribution in [0.1, 0.15) is 39.2 Å². The first-order chi connectivity index (χ1) is 13.0. The van der Waals surface area contributed by atoms with Gasteiger partial charge in [-0.05, 0) is 48.9 Å². The quantitative estimate of drug-likeness (QED) is 0.650. The van der Waals surface area contributed by atoms with E-state index in [2.05, 4.69) is 10.6 Å². The van der Waals surface area contributed by atoms with Crippen molar-refractivity contribution in [3.05, 3.63) is 101 Å². The summed E-state index contributed by atoms with van der Waals surface area (Å²) in [6, 6.07) is 23.1. The molecule has 0 heterocycles. The van der Waals surface area contributed by atoms with E-state index in [0.29, 0.717) is 21.8 Å². The molecule has 5 heteroatoms. The zero-order valence-corrected chi connectivity index (χ0v) is 15.5. The van der Waals surface area contributed by atoms with Crippen molar-refractivity contribution in [2.75, 3.05) is 5.32 Å². The number of nitrogens with one attached hydrogen (secondary N) is 2. The van der Waals surface area contributed by atoms with Crippen LogP contribution < -0.4 is 10.6 Å². The maximum absolute atomic E-state index is 12.5. The van der Waals surface area contributed by atoms with Gasteiger partial charge in [0.2, 0.25) is 0 Å². The number of carbonyl (C=O) groups is 2. The predicted molar refractivity (Wildman–Crippen MR) is 108 cm³/mol. The standard InChI is InChI=1S/C22H19ClN2O2/c1-15(16-7-3-2-4-8-16)24-21(26)18-10-6-12-20(14-18)25-22(27)17-9-5-11-19(23)13-17/h2-15H,1H3,(H,24,26)(H,25,27). The number of anilines is 1. The molecule has 3 aromatic rings. The summed E-state index contributed by atoms with van der Waals surface area (Å²) in [4.78, 5) is 24.9. The van der Waals surface area contributed by atoms with Crippen LogP contribution in [0.3, 0.4) is 0 Å². The van der Waals surface area contributed by atoms with Gasteiger partial charge in [-0.3, -0.25) is 9.59 Å². The smallest absolute Gasteiger partial charge is 0.255 e. The normalized spacial score (nSPS) is 11.5. The van der Waals surface area contributed by atoms with E-state index in [1.807, 2.05) is 37.3 Å². The van der Waals surface area contributed by atoms with Crippen LogP contribution in [0.5, 0.6) is 0 Å². The van der Waals surface area contributed by atoms with Crippen LogP contribution >= 0.6 is 11.6 Å². The summed E-state index contributed by atoms with van der Waals surface area (Å²) >= 11 is 5.92. The van der Waals surface area contributed by atoms with Gasteiger partial charge in [0.15, 0.2) is 0 Å². The van der Waals surface area contributed by atoms with Crippen molar-refractivity contribution >= 4 is 29.1 Å². The molecular formula is C22H19ClN2O2. The maximum Gasteiger partial charge on any atom is 0.255 e. The van der Waals surface area contributed by atoms with E-state index in [-0.39, 0.29) is 17.9 Å². The largest absolute Gasteiger partial charge is 0.346 e. The average molecular weight is 379 g/mol. The molecule has 4 nitrogen and oxygen atoms in total. The number of hydrogen-bond acceptors (Lipinski definition) is 2. The topological polar surface area (TPSA) is 58.2 Å². The maximum atomic E-state index is 12.5. The van der Waals surface area contributed by atoms with Crippen molar-refractivity contribution in [1.29, 1.82) is 0 Å². The molecule has 0 saturated carbocycles. The van der Waals surface area contributed by atoms with E-state index in [0.717, 1.165) is 5.56 Å². The number of halogens is 1. The minimum Gasteiger partial charge on any atom is -0.346 e. The summed E-state index contributed by atoms with van der Waals surface area (Å²) < 4.78 is 0. The summed E-state index contributed by atoms with van der Waals surface area (Å²) in [6.07, 6.45) is 0. The minimum atomic E-state index is -0.285. The SMILES string of the molecule is CC(NC(=O)c1cccc(NC(=O)c2cccc(Cl)c2)c1)c1ccccc1. The molecule has 0 aromatic heterocycles. The summed E-state index contributed by atoms with van der Waals surface area (Å²) in [5.74, 6) is -0.488. The zero-order valence-electron chi connectivity index (χ0n) is 14.8. The van der Waals surface area contributed by atoms with Gasteiger partial charge in [-0.1, -0.05) is 54.1 Å². The van der Waals surface area contributed by atoms with Gasteiger partial charge in [-0.25, -0.2) is 0 Å². The van der Waals surface area contributed by atoms with E-state index < -0.39 is 0 Å². The summed E-state index contributed by atoms with van der Waals surface area (Å²) in [6.45, 7) is 1.93. The van der Waals surface area contributed by atoms with Gasteiger partial charge in [0, 0.05) is 21.8 Å². The number of rotatable bonds is 5. The first-order valence-corrected chi connectivity index (χ1v) is 8.93. The van der Waals surface area contributed by atoms with Gasteiger partial charge in [-0.15, -0.1) is 0 Å². The van der Waals surface area contributed by atoms with Crippen molar-refractivity contribution in [2.24, 2.45) is 0 Å². The Balaban J connectivity index is 1.69. The molecule has 2 N–H and O–H groups in total. The van der Waals surface area contributed by atoms with Gasteiger partial charge in [0.05, 0.1) is 6.04 Å². The minimum absolute atomic E-state index is 0.122. The first kappa shape index (κ1) is 18.7. The van der Waals surface area contributed by atoms with E-state index in [4.69, 9.17) is 11.6 Å². The molecule has 3 rings (SSSR count). The average Bonchev–Trinajstić information content (AvgIpc) is 2.68. The molecule has 0 saturated heterocycles. The summed E-state index contributed by atoms with van der Waals surface area (Å²) in [5, 5.41) is 6.24. The zero-order chi connectivity index (χ0) is 19.2. The third-order valence-corrected chi connectivity index (χ3v) is 4.35. The van der Waals surface area contributed by atoms with Gasteiger partial charge < -0.3 is 10.6 Å². The second kappa shape index (κ2) is 8.52. The number of hydrogen-bond donors (Lipinski definition) is 2. The molecule has 0 radical (unpaired) electrons. The highest BCUT2D eigenvalue weighted by Gasteiger charge is 2.13. The van der Waals surface area contributed by atoms with Crippen molar-refractivity contribution in [2.45, 2.75) is 13.0 Å². The van der Waals surface area contributed by atoms with Gasteiger partial charge >= 0.3 is 0 Å². The molecule has 27 heavy (non-hydrogen) atoms. The number of benzene rings is 3. The second-order valence-corrected chi connectivity index (χ2v) is 6.59. The molecule has 0 aliphatic carbocycles. The lowest BCUT2D eigenvalue weighted by molar-refractivity contribution is 0.0938. The Morgan fingerprint density at radius 1 is 0.815 bits per heavy atom. The third kappa shape index (κ3) is 4.96.